The highest BCUT2D eigenvalue weighted by Gasteiger charge is 2.22. The number of halogens is 1. The highest BCUT2D eigenvalue weighted by molar-refractivity contribution is 6.31. The zero-order chi connectivity index (χ0) is 14.2. The van der Waals surface area contributed by atoms with E-state index in [1.54, 1.807) is 10.9 Å². The minimum atomic E-state index is -0.171. The zero-order valence-electron chi connectivity index (χ0n) is 11.6. The van der Waals surface area contributed by atoms with Gasteiger partial charge in [-0.2, -0.15) is 5.10 Å². The Morgan fingerprint density at radius 2 is 2.00 bits per heavy atom. The van der Waals surface area contributed by atoms with Crippen molar-refractivity contribution < 1.29 is 4.79 Å². The molecule has 0 amide bonds. The number of aromatic nitrogens is 2. The summed E-state index contributed by atoms with van der Waals surface area (Å²) in [5.41, 5.74) is 3.11. The van der Waals surface area contributed by atoms with E-state index < -0.39 is 0 Å². The van der Waals surface area contributed by atoms with Crippen LogP contribution in [0.25, 0.3) is 5.69 Å². The van der Waals surface area contributed by atoms with Gasteiger partial charge in [-0.1, -0.05) is 38.4 Å². The van der Waals surface area contributed by atoms with E-state index in [9.17, 15) is 4.79 Å². The Morgan fingerprint density at radius 3 is 2.47 bits per heavy atom. The van der Waals surface area contributed by atoms with Crippen LogP contribution in [0.4, 0.5) is 0 Å². The molecular weight excluding hydrogens is 260 g/mol. The van der Waals surface area contributed by atoms with Crippen LogP contribution in [-0.4, -0.2) is 16.1 Å². The van der Waals surface area contributed by atoms with Crippen molar-refractivity contribution in [1.82, 2.24) is 9.78 Å². The standard InChI is InChI=1S/C15H17ClN2O/c1-10-5-6-12(7-13(10)16)18-8-11(9-19)14(17-18)15(2,3)4/h5-9H,1-4H3. The number of carbonyl (C=O) groups excluding carboxylic acids is 1. The fourth-order valence-electron chi connectivity index (χ4n) is 1.91. The van der Waals surface area contributed by atoms with Gasteiger partial charge in [0.2, 0.25) is 0 Å². The van der Waals surface area contributed by atoms with Crippen molar-refractivity contribution >= 4 is 17.9 Å². The number of carbonyl (C=O) groups is 1. The third-order valence-electron chi connectivity index (χ3n) is 3.00. The lowest BCUT2D eigenvalue weighted by atomic mass is 9.90. The first-order valence-electron chi connectivity index (χ1n) is 6.15. The lowest BCUT2D eigenvalue weighted by molar-refractivity contribution is 0.112. The molecular formula is C15H17ClN2O. The Morgan fingerprint density at radius 1 is 1.32 bits per heavy atom. The van der Waals surface area contributed by atoms with Crippen LogP contribution < -0.4 is 0 Å². The monoisotopic (exact) mass is 276 g/mol. The van der Waals surface area contributed by atoms with Crippen LogP contribution in [-0.2, 0) is 5.41 Å². The van der Waals surface area contributed by atoms with Crippen LogP contribution in [0.15, 0.2) is 24.4 Å². The van der Waals surface area contributed by atoms with Crippen molar-refractivity contribution in [1.29, 1.82) is 0 Å². The summed E-state index contributed by atoms with van der Waals surface area (Å²) in [6.45, 7) is 8.06. The number of aldehydes is 1. The molecule has 0 saturated heterocycles. The van der Waals surface area contributed by atoms with Gasteiger partial charge in [0, 0.05) is 16.6 Å². The van der Waals surface area contributed by atoms with Crippen LogP contribution in [0.2, 0.25) is 5.02 Å². The molecule has 0 unspecified atom stereocenters. The van der Waals surface area contributed by atoms with E-state index in [1.807, 2.05) is 45.9 Å². The molecule has 0 saturated carbocycles. The second-order valence-corrected chi connectivity index (χ2v) is 6.09. The van der Waals surface area contributed by atoms with Gasteiger partial charge in [0.15, 0.2) is 6.29 Å². The smallest absolute Gasteiger partial charge is 0.153 e. The van der Waals surface area contributed by atoms with Crippen LogP contribution in [0.3, 0.4) is 0 Å². The molecule has 19 heavy (non-hydrogen) atoms. The quantitative estimate of drug-likeness (QED) is 0.779. The number of aryl methyl sites for hydroxylation is 1. The molecule has 0 aliphatic carbocycles. The average Bonchev–Trinajstić information content (AvgIpc) is 2.76. The summed E-state index contributed by atoms with van der Waals surface area (Å²) in [5.74, 6) is 0. The van der Waals surface area contributed by atoms with E-state index in [2.05, 4.69) is 5.10 Å². The van der Waals surface area contributed by atoms with Gasteiger partial charge >= 0.3 is 0 Å². The number of nitrogens with zero attached hydrogens (tertiary/aromatic N) is 2. The summed E-state index contributed by atoms with van der Waals surface area (Å²) in [6.07, 6.45) is 2.59. The molecule has 0 bridgehead atoms. The van der Waals surface area contributed by atoms with Crippen molar-refractivity contribution in [3.63, 3.8) is 0 Å². The van der Waals surface area contributed by atoms with Gasteiger partial charge in [0.1, 0.15) is 0 Å². The van der Waals surface area contributed by atoms with Gasteiger partial charge < -0.3 is 0 Å². The van der Waals surface area contributed by atoms with Gasteiger partial charge in [0.05, 0.1) is 16.9 Å². The molecule has 2 aromatic rings. The Hall–Kier alpha value is -1.61. The molecule has 0 aliphatic rings. The molecule has 0 fully saturated rings. The largest absolute Gasteiger partial charge is 0.298 e. The minimum absolute atomic E-state index is 0.171. The Kier molecular flexibility index (Phi) is 3.50. The topological polar surface area (TPSA) is 34.9 Å². The van der Waals surface area contributed by atoms with Crippen molar-refractivity contribution in [2.24, 2.45) is 0 Å². The molecule has 2 rings (SSSR count). The van der Waals surface area contributed by atoms with Gasteiger partial charge in [-0.15, -0.1) is 0 Å². The third kappa shape index (κ3) is 2.71. The van der Waals surface area contributed by atoms with Gasteiger partial charge in [-0.05, 0) is 24.6 Å². The van der Waals surface area contributed by atoms with Crippen LogP contribution in [0, 0.1) is 6.92 Å². The van der Waals surface area contributed by atoms with E-state index >= 15 is 0 Å². The van der Waals surface area contributed by atoms with E-state index in [1.165, 1.54) is 0 Å². The summed E-state index contributed by atoms with van der Waals surface area (Å²) in [4.78, 5) is 11.2. The molecule has 0 radical (unpaired) electrons. The van der Waals surface area contributed by atoms with Crippen molar-refractivity contribution in [3.05, 3.63) is 46.2 Å². The first kappa shape index (κ1) is 13.8. The molecule has 100 valence electrons. The normalized spacial score (nSPS) is 11.6. The van der Waals surface area contributed by atoms with Crippen LogP contribution >= 0.6 is 11.6 Å². The van der Waals surface area contributed by atoms with E-state index in [4.69, 9.17) is 11.6 Å². The van der Waals surface area contributed by atoms with Crippen molar-refractivity contribution in [2.45, 2.75) is 33.1 Å². The highest BCUT2D eigenvalue weighted by Crippen LogP contribution is 2.25. The number of hydrogen-bond donors (Lipinski definition) is 0. The summed E-state index contributed by atoms with van der Waals surface area (Å²) < 4.78 is 1.70. The second kappa shape index (κ2) is 4.82. The molecule has 0 N–H and O–H groups in total. The zero-order valence-corrected chi connectivity index (χ0v) is 12.3. The Balaban J connectivity index is 2.54. The minimum Gasteiger partial charge on any atom is -0.298 e. The third-order valence-corrected chi connectivity index (χ3v) is 3.41. The predicted octanol–water partition coefficient (Wildman–Crippen LogP) is 3.94. The molecule has 4 heteroatoms. The molecule has 1 aromatic carbocycles. The van der Waals surface area contributed by atoms with Gasteiger partial charge in [-0.3, -0.25) is 4.79 Å². The maximum atomic E-state index is 11.2. The highest BCUT2D eigenvalue weighted by atomic mass is 35.5. The van der Waals surface area contributed by atoms with E-state index in [-0.39, 0.29) is 5.41 Å². The lowest BCUT2D eigenvalue weighted by Crippen LogP contribution is -2.14. The molecule has 0 spiro atoms. The number of rotatable bonds is 2. The summed E-state index contributed by atoms with van der Waals surface area (Å²) in [6, 6.07) is 5.73. The first-order chi connectivity index (χ1) is 8.82. The maximum Gasteiger partial charge on any atom is 0.153 e. The molecule has 0 atom stereocenters. The first-order valence-corrected chi connectivity index (χ1v) is 6.52. The summed E-state index contributed by atoms with van der Waals surface area (Å²) >= 11 is 6.12. The molecule has 3 nitrogen and oxygen atoms in total. The predicted molar refractivity (Wildman–Crippen MR) is 77.4 cm³/mol. The lowest BCUT2D eigenvalue weighted by Gasteiger charge is -2.15. The van der Waals surface area contributed by atoms with Gasteiger partial charge in [-0.25, -0.2) is 4.68 Å². The molecule has 1 aromatic heterocycles. The fourth-order valence-corrected chi connectivity index (χ4v) is 2.09. The summed E-state index contributed by atoms with van der Waals surface area (Å²) in [7, 11) is 0. The Labute approximate surface area is 118 Å². The Bertz CT molecular complexity index is 624. The average molecular weight is 277 g/mol. The SMILES string of the molecule is Cc1ccc(-n2cc(C=O)c(C(C)(C)C)n2)cc1Cl. The van der Waals surface area contributed by atoms with Crippen LogP contribution in [0.1, 0.15) is 42.4 Å². The fraction of sp³-hybridized carbons (Fsp3) is 0.333. The second-order valence-electron chi connectivity index (χ2n) is 5.68. The number of hydrogen-bond acceptors (Lipinski definition) is 2. The van der Waals surface area contributed by atoms with Crippen molar-refractivity contribution in [2.75, 3.05) is 0 Å². The van der Waals surface area contributed by atoms with Crippen LogP contribution in [0.5, 0.6) is 0 Å². The summed E-state index contributed by atoms with van der Waals surface area (Å²) in [5, 5.41) is 5.21. The molecule has 1 heterocycles. The molecule has 0 aliphatic heterocycles. The van der Waals surface area contributed by atoms with Gasteiger partial charge in [0.25, 0.3) is 0 Å². The van der Waals surface area contributed by atoms with E-state index in [0.29, 0.717) is 10.6 Å². The maximum absolute atomic E-state index is 11.2. The number of benzene rings is 1. The van der Waals surface area contributed by atoms with E-state index in [0.717, 1.165) is 23.2 Å². The van der Waals surface area contributed by atoms with Crippen molar-refractivity contribution in [3.8, 4) is 5.69 Å².